The predicted octanol–water partition coefficient (Wildman–Crippen LogP) is 3.22. The van der Waals surface area contributed by atoms with E-state index >= 15 is 0 Å². The minimum atomic E-state index is 0.936. The second kappa shape index (κ2) is 3.37. The van der Waals surface area contributed by atoms with E-state index in [1.54, 1.807) is 11.3 Å². The third-order valence-corrected chi connectivity index (χ3v) is 6.00. The molecule has 90 valence electrons. The maximum absolute atomic E-state index is 4.53. The lowest BCUT2D eigenvalue weighted by molar-refractivity contribution is -0.639. The molecule has 3 nitrogen and oxygen atoms in total. The van der Waals surface area contributed by atoms with Crippen molar-refractivity contribution in [2.24, 2.45) is 0 Å². The Hall–Kier alpha value is -1.85. The fraction of sp³-hybridized carbons (Fsp3) is 0.0714. The average Bonchev–Trinajstić information content (AvgIpc) is 3.07. The van der Waals surface area contributed by atoms with E-state index < -0.39 is 0 Å². The molecule has 0 aliphatic carbocycles. The lowest BCUT2D eigenvalue weighted by atomic mass is 10.2. The summed E-state index contributed by atoms with van der Waals surface area (Å²) in [6, 6.07) is 8.35. The minimum absolute atomic E-state index is 0.936. The Morgan fingerprint density at radius 2 is 1.95 bits per heavy atom. The van der Waals surface area contributed by atoms with Gasteiger partial charge in [0.1, 0.15) is 9.53 Å². The second-order valence-electron chi connectivity index (χ2n) is 4.60. The van der Waals surface area contributed by atoms with Crippen LogP contribution < -0.4 is 4.57 Å². The van der Waals surface area contributed by atoms with Crippen molar-refractivity contribution < 1.29 is 4.57 Å². The molecule has 4 aromatic rings. The molecular weight excluding hydrogens is 274 g/mol. The Labute approximate surface area is 116 Å². The highest BCUT2D eigenvalue weighted by Crippen LogP contribution is 2.40. The number of hydrogen-bond acceptors (Lipinski definition) is 4. The van der Waals surface area contributed by atoms with Gasteiger partial charge in [0.25, 0.3) is 9.84 Å². The average molecular weight is 282 g/mol. The number of fused-ring (bicyclic) bond motifs is 7. The van der Waals surface area contributed by atoms with Gasteiger partial charge in [-0.3, -0.25) is 0 Å². The lowest BCUT2D eigenvalue weighted by Crippen LogP contribution is -2.29. The van der Waals surface area contributed by atoms with E-state index in [4.69, 9.17) is 0 Å². The molecule has 0 saturated carbocycles. The molecule has 0 amide bonds. The molecule has 0 saturated heterocycles. The number of rotatable bonds is 0. The van der Waals surface area contributed by atoms with Gasteiger partial charge in [0.15, 0.2) is 12.2 Å². The lowest BCUT2D eigenvalue weighted by Gasteiger charge is -1.88. The van der Waals surface area contributed by atoms with Gasteiger partial charge < -0.3 is 0 Å². The van der Waals surface area contributed by atoms with Crippen molar-refractivity contribution in [2.75, 3.05) is 0 Å². The molecular formula is C14H8N3S2+. The molecule has 19 heavy (non-hydrogen) atoms. The molecule has 5 heteroatoms. The van der Waals surface area contributed by atoms with Gasteiger partial charge in [-0.1, -0.05) is 11.3 Å². The molecule has 0 unspecified atom stereocenters. The van der Waals surface area contributed by atoms with E-state index in [9.17, 15) is 0 Å². The van der Waals surface area contributed by atoms with Crippen LogP contribution >= 0.6 is 22.7 Å². The minimum Gasteiger partial charge on any atom is -0.248 e. The molecule has 0 fully saturated rings. The fourth-order valence-corrected chi connectivity index (χ4v) is 5.30. The van der Waals surface area contributed by atoms with Gasteiger partial charge in [0, 0.05) is 17.8 Å². The predicted molar refractivity (Wildman–Crippen MR) is 77.5 cm³/mol. The van der Waals surface area contributed by atoms with Gasteiger partial charge in [0.2, 0.25) is 0 Å². The van der Waals surface area contributed by atoms with Crippen molar-refractivity contribution in [1.82, 2.24) is 9.97 Å². The molecule has 1 aliphatic heterocycles. The number of thiophene rings is 1. The van der Waals surface area contributed by atoms with Crippen LogP contribution in [0.5, 0.6) is 0 Å². The van der Waals surface area contributed by atoms with Crippen LogP contribution in [-0.4, -0.2) is 9.97 Å². The number of aromatic nitrogens is 3. The maximum Gasteiger partial charge on any atom is 0.290 e. The van der Waals surface area contributed by atoms with Crippen molar-refractivity contribution in [3.63, 3.8) is 0 Å². The first-order chi connectivity index (χ1) is 9.42. The largest absolute Gasteiger partial charge is 0.290 e. The molecule has 0 radical (unpaired) electrons. The smallest absolute Gasteiger partial charge is 0.248 e. The van der Waals surface area contributed by atoms with Crippen LogP contribution in [0.1, 0.15) is 5.56 Å². The van der Waals surface area contributed by atoms with Gasteiger partial charge in [-0.2, -0.15) is 4.57 Å². The molecule has 4 aromatic heterocycles. The zero-order valence-electron chi connectivity index (χ0n) is 9.83. The van der Waals surface area contributed by atoms with Gasteiger partial charge in [-0.05, 0) is 35.6 Å². The van der Waals surface area contributed by atoms with Crippen molar-refractivity contribution in [2.45, 2.75) is 6.54 Å². The van der Waals surface area contributed by atoms with E-state index in [0.29, 0.717) is 0 Å². The Morgan fingerprint density at radius 3 is 2.95 bits per heavy atom. The van der Waals surface area contributed by atoms with Gasteiger partial charge in [0.05, 0.1) is 5.56 Å². The number of nitrogens with zero attached hydrogens (tertiary/aromatic N) is 3. The van der Waals surface area contributed by atoms with Crippen LogP contribution in [0.25, 0.3) is 30.4 Å². The normalized spacial score (nSPS) is 13.1. The number of pyridine rings is 2. The van der Waals surface area contributed by atoms with Gasteiger partial charge in [-0.25, -0.2) is 9.97 Å². The standard InChI is InChI=1S/C14H8N3S2/c1-3-8-7-17-13(10(8)15-5-1)18-11-9-4-2-6-16-12(9)19-14(11)17/h1-6H,7H2/q+1. The van der Waals surface area contributed by atoms with Gasteiger partial charge in [-0.15, -0.1) is 0 Å². The van der Waals surface area contributed by atoms with Gasteiger partial charge >= 0.3 is 0 Å². The van der Waals surface area contributed by atoms with E-state index in [0.717, 1.165) is 17.1 Å². The highest BCUT2D eigenvalue weighted by atomic mass is 32.1. The molecule has 0 atom stereocenters. The Morgan fingerprint density at radius 1 is 1.05 bits per heavy atom. The molecule has 5 rings (SSSR count). The Bertz CT molecular complexity index is 952. The van der Waals surface area contributed by atoms with Crippen molar-refractivity contribution in [3.8, 4) is 10.7 Å². The first kappa shape index (κ1) is 10.00. The summed E-state index contributed by atoms with van der Waals surface area (Å²) < 4.78 is 3.73. The quantitative estimate of drug-likeness (QED) is 0.408. The maximum atomic E-state index is 4.53. The monoisotopic (exact) mass is 282 g/mol. The second-order valence-corrected chi connectivity index (χ2v) is 6.57. The first-order valence-electron chi connectivity index (χ1n) is 6.06. The van der Waals surface area contributed by atoms with Crippen LogP contribution in [0.3, 0.4) is 0 Å². The van der Waals surface area contributed by atoms with Crippen molar-refractivity contribution in [1.29, 1.82) is 0 Å². The summed E-state index contributed by atoms with van der Waals surface area (Å²) in [6.07, 6.45) is 3.74. The van der Waals surface area contributed by atoms with Crippen LogP contribution in [0, 0.1) is 0 Å². The molecule has 1 aliphatic rings. The molecule has 0 N–H and O–H groups in total. The number of hydrogen-bond donors (Lipinski definition) is 0. The summed E-state index contributed by atoms with van der Waals surface area (Å²) in [4.78, 5) is 11.4. The molecule has 0 aromatic carbocycles. The molecule has 0 bridgehead atoms. The Balaban J connectivity index is 1.93. The van der Waals surface area contributed by atoms with E-state index in [-0.39, 0.29) is 0 Å². The topological polar surface area (TPSA) is 29.7 Å². The Kier molecular flexibility index (Phi) is 1.78. The fourth-order valence-electron chi connectivity index (χ4n) is 2.67. The van der Waals surface area contributed by atoms with Crippen molar-refractivity contribution in [3.05, 3.63) is 42.2 Å². The number of thiazole rings is 1. The SMILES string of the molecule is c1cnc2c(c1)C[n+]1c-2sc2c3cccnc3sc21. The summed E-state index contributed by atoms with van der Waals surface area (Å²) in [7, 11) is 0. The summed E-state index contributed by atoms with van der Waals surface area (Å²) in [6.45, 7) is 0.936. The van der Waals surface area contributed by atoms with Crippen molar-refractivity contribution >= 4 is 42.4 Å². The first-order valence-corrected chi connectivity index (χ1v) is 7.69. The van der Waals surface area contributed by atoms with Crippen LogP contribution in [0.4, 0.5) is 0 Å². The molecule has 0 spiro atoms. The third kappa shape index (κ3) is 1.19. The summed E-state index contributed by atoms with van der Waals surface area (Å²) in [5.41, 5.74) is 2.47. The third-order valence-electron chi connectivity index (χ3n) is 3.51. The summed E-state index contributed by atoms with van der Waals surface area (Å²) in [5, 5.41) is 2.55. The highest BCUT2D eigenvalue weighted by Gasteiger charge is 2.34. The van der Waals surface area contributed by atoms with E-state index in [1.807, 2.05) is 35.9 Å². The summed E-state index contributed by atoms with van der Waals surface area (Å²) in [5.74, 6) is 0. The zero-order chi connectivity index (χ0) is 12.4. The van der Waals surface area contributed by atoms with E-state index in [1.165, 1.54) is 25.5 Å². The van der Waals surface area contributed by atoms with Crippen LogP contribution in [0.2, 0.25) is 0 Å². The van der Waals surface area contributed by atoms with E-state index in [2.05, 4.69) is 26.7 Å². The summed E-state index contributed by atoms with van der Waals surface area (Å²) >= 11 is 3.61. The zero-order valence-corrected chi connectivity index (χ0v) is 11.5. The highest BCUT2D eigenvalue weighted by molar-refractivity contribution is 7.32. The molecule has 5 heterocycles. The van der Waals surface area contributed by atoms with Crippen LogP contribution in [-0.2, 0) is 6.54 Å². The van der Waals surface area contributed by atoms with Crippen LogP contribution in [0.15, 0.2) is 36.7 Å².